The number of rotatable bonds is 0. The summed E-state index contributed by atoms with van der Waals surface area (Å²) in [7, 11) is 1.54. The molecule has 0 aliphatic carbocycles. The van der Waals surface area contributed by atoms with Gasteiger partial charge in [-0.15, -0.1) is 0 Å². The van der Waals surface area contributed by atoms with Crippen LogP contribution in [0.1, 0.15) is 5.56 Å². The summed E-state index contributed by atoms with van der Waals surface area (Å²) in [6.45, 7) is 0. The smallest absolute Gasteiger partial charge is 0.335 e. The zero-order valence-electron chi connectivity index (χ0n) is 7.64. The Morgan fingerprint density at radius 1 is 1.33 bits per heavy atom. The van der Waals surface area contributed by atoms with Crippen LogP contribution in [0.4, 0.5) is 13.2 Å². The molecule has 0 saturated heterocycles. The first-order chi connectivity index (χ1) is 6.89. The van der Waals surface area contributed by atoms with Crippen molar-refractivity contribution >= 4 is 27.0 Å². The van der Waals surface area contributed by atoms with Crippen LogP contribution in [0.3, 0.4) is 0 Å². The lowest BCUT2D eigenvalue weighted by Crippen LogP contribution is -2.03. The van der Waals surface area contributed by atoms with Gasteiger partial charge in [0.2, 0.25) is 0 Å². The zero-order valence-corrected chi connectivity index (χ0v) is 9.22. The highest BCUT2D eigenvalue weighted by molar-refractivity contribution is 9.10. The van der Waals surface area contributed by atoms with E-state index >= 15 is 0 Å². The van der Waals surface area contributed by atoms with Gasteiger partial charge < -0.3 is 4.57 Å². The lowest BCUT2D eigenvalue weighted by molar-refractivity contribution is -0.136. The highest BCUT2D eigenvalue weighted by Gasteiger charge is 2.34. The number of hydrogen-bond acceptors (Lipinski definition) is 1. The molecule has 2 heterocycles. The third kappa shape index (κ3) is 1.73. The minimum absolute atomic E-state index is 0.119. The molecule has 2 aromatic rings. The van der Waals surface area contributed by atoms with Gasteiger partial charge in [-0.25, -0.2) is 4.98 Å². The number of pyridine rings is 1. The van der Waals surface area contributed by atoms with E-state index in [2.05, 4.69) is 20.9 Å². The summed E-state index contributed by atoms with van der Waals surface area (Å²) in [5.41, 5.74) is -0.336. The largest absolute Gasteiger partial charge is 0.418 e. The summed E-state index contributed by atoms with van der Waals surface area (Å²) in [5, 5.41) is 0.119. The molecular weight excluding hydrogens is 273 g/mol. The predicted octanol–water partition coefficient (Wildman–Crippen LogP) is 3.35. The molecule has 0 aromatic carbocycles. The molecule has 2 nitrogen and oxygen atoms in total. The van der Waals surface area contributed by atoms with E-state index in [1.54, 1.807) is 0 Å². The molecule has 0 atom stereocenters. The second kappa shape index (κ2) is 3.23. The SMILES string of the molecule is Cn1cc(C(F)(F)F)c2ccc(Br)nc21. The van der Waals surface area contributed by atoms with Gasteiger partial charge in [0.15, 0.2) is 0 Å². The minimum atomic E-state index is -4.34. The lowest BCUT2D eigenvalue weighted by Gasteiger charge is -2.03. The Bertz CT molecular complexity index is 516. The molecule has 0 radical (unpaired) electrons. The average Bonchev–Trinajstić information content (AvgIpc) is 2.43. The molecule has 0 saturated carbocycles. The maximum absolute atomic E-state index is 12.6. The van der Waals surface area contributed by atoms with Crippen molar-refractivity contribution in [2.75, 3.05) is 0 Å². The van der Waals surface area contributed by atoms with Crippen LogP contribution in [0.2, 0.25) is 0 Å². The molecule has 0 bridgehead atoms. The van der Waals surface area contributed by atoms with Gasteiger partial charge in [-0.2, -0.15) is 13.2 Å². The molecule has 0 spiro atoms. The Labute approximate surface area is 91.8 Å². The van der Waals surface area contributed by atoms with E-state index in [4.69, 9.17) is 0 Å². The van der Waals surface area contributed by atoms with Crippen molar-refractivity contribution in [2.24, 2.45) is 7.05 Å². The van der Waals surface area contributed by atoms with Crippen molar-refractivity contribution < 1.29 is 13.2 Å². The molecule has 2 aromatic heterocycles. The minimum Gasteiger partial charge on any atom is -0.335 e. The number of aryl methyl sites for hydroxylation is 1. The Hall–Kier alpha value is -1.04. The van der Waals surface area contributed by atoms with Gasteiger partial charge in [0.1, 0.15) is 10.3 Å². The van der Waals surface area contributed by atoms with Crippen molar-refractivity contribution in [3.63, 3.8) is 0 Å². The van der Waals surface area contributed by atoms with E-state index < -0.39 is 11.7 Å². The van der Waals surface area contributed by atoms with Crippen LogP contribution in [0.25, 0.3) is 11.0 Å². The first-order valence-electron chi connectivity index (χ1n) is 4.08. The normalized spacial score (nSPS) is 12.3. The molecule has 0 amide bonds. The van der Waals surface area contributed by atoms with Crippen LogP contribution < -0.4 is 0 Å². The fraction of sp³-hybridized carbons (Fsp3) is 0.222. The molecule has 0 aliphatic rings. The number of fused-ring (bicyclic) bond motifs is 1. The maximum Gasteiger partial charge on any atom is 0.418 e. The molecule has 0 aliphatic heterocycles. The zero-order chi connectivity index (χ0) is 11.2. The van der Waals surface area contributed by atoms with Crippen LogP contribution >= 0.6 is 15.9 Å². The Morgan fingerprint density at radius 3 is 2.60 bits per heavy atom. The highest BCUT2D eigenvalue weighted by Crippen LogP contribution is 2.35. The highest BCUT2D eigenvalue weighted by atomic mass is 79.9. The van der Waals surface area contributed by atoms with E-state index in [1.165, 1.54) is 23.7 Å². The maximum atomic E-state index is 12.6. The van der Waals surface area contributed by atoms with Crippen LogP contribution in [-0.4, -0.2) is 9.55 Å². The molecule has 15 heavy (non-hydrogen) atoms. The summed E-state index contributed by atoms with van der Waals surface area (Å²) < 4.78 is 39.6. The molecule has 6 heteroatoms. The monoisotopic (exact) mass is 278 g/mol. The predicted molar refractivity (Wildman–Crippen MR) is 53.4 cm³/mol. The van der Waals surface area contributed by atoms with Gasteiger partial charge in [-0.1, -0.05) is 0 Å². The van der Waals surface area contributed by atoms with Crippen LogP contribution in [0, 0.1) is 0 Å². The van der Waals surface area contributed by atoms with Gasteiger partial charge in [-0.05, 0) is 28.1 Å². The van der Waals surface area contributed by atoms with Crippen molar-refractivity contribution in [1.82, 2.24) is 9.55 Å². The van der Waals surface area contributed by atoms with Crippen molar-refractivity contribution in [3.05, 3.63) is 28.5 Å². The van der Waals surface area contributed by atoms with E-state index in [0.717, 1.165) is 6.20 Å². The number of nitrogens with zero attached hydrogens (tertiary/aromatic N) is 2. The third-order valence-corrected chi connectivity index (χ3v) is 2.54. The van der Waals surface area contributed by atoms with Gasteiger partial charge in [0, 0.05) is 18.6 Å². The van der Waals surface area contributed by atoms with E-state index in [-0.39, 0.29) is 5.39 Å². The van der Waals surface area contributed by atoms with Gasteiger partial charge in [0.25, 0.3) is 0 Å². The van der Waals surface area contributed by atoms with E-state index in [0.29, 0.717) is 10.3 Å². The van der Waals surface area contributed by atoms with Gasteiger partial charge >= 0.3 is 6.18 Å². The molecule has 2 rings (SSSR count). The fourth-order valence-electron chi connectivity index (χ4n) is 1.45. The standard InChI is InChI=1S/C9H6BrF3N2/c1-15-4-6(9(11,12)13)5-2-3-7(10)14-8(5)15/h2-4H,1H3. The van der Waals surface area contributed by atoms with Crippen LogP contribution in [0.15, 0.2) is 22.9 Å². The summed E-state index contributed by atoms with van der Waals surface area (Å²) in [6, 6.07) is 2.91. The Kier molecular flexibility index (Phi) is 2.26. The molecule has 0 N–H and O–H groups in total. The summed E-state index contributed by atoms with van der Waals surface area (Å²) in [5.74, 6) is 0. The third-order valence-electron chi connectivity index (χ3n) is 2.09. The molecular formula is C9H6BrF3N2. The summed E-state index contributed by atoms with van der Waals surface area (Å²) >= 11 is 3.12. The molecule has 0 fully saturated rings. The van der Waals surface area contributed by atoms with Crippen molar-refractivity contribution in [2.45, 2.75) is 6.18 Å². The quantitative estimate of drug-likeness (QED) is 0.676. The second-order valence-corrected chi connectivity index (χ2v) is 3.97. The Balaban J connectivity index is 2.79. The van der Waals surface area contributed by atoms with E-state index in [1.807, 2.05) is 0 Å². The number of alkyl halides is 3. The first-order valence-corrected chi connectivity index (χ1v) is 4.87. The Morgan fingerprint density at radius 2 is 2.00 bits per heavy atom. The average molecular weight is 279 g/mol. The molecule has 0 unspecified atom stereocenters. The number of hydrogen-bond donors (Lipinski definition) is 0. The lowest BCUT2D eigenvalue weighted by atomic mass is 10.2. The number of aromatic nitrogens is 2. The van der Waals surface area contributed by atoms with Crippen LogP contribution in [-0.2, 0) is 13.2 Å². The van der Waals surface area contributed by atoms with Crippen molar-refractivity contribution in [1.29, 1.82) is 0 Å². The number of halogens is 4. The summed E-state index contributed by atoms with van der Waals surface area (Å²) in [4.78, 5) is 3.99. The van der Waals surface area contributed by atoms with Gasteiger partial charge in [-0.3, -0.25) is 0 Å². The molecule has 80 valence electrons. The van der Waals surface area contributed by atoms with Crippen molar-refractivity contribution in [3.8, 4) is 0 Å². The van der Waals surface area contributed by atoms with E-state index in [9.17, 15) is 13.2 Å². The second-order valence-electron chi connectivity index (χ2n) is 3.16. The fourth-order valence-corrected chi connectivity index (χ4v) is 1.75. The van der Waals surface area contributed by atoms with Gasteiger partial charge in [0.05, 0.1) is 5.56 Å². The van der Waals surface area contributed by atoms with Crippen LogP contribution in [0.5, 0.6) is 0 Å². The summed E-state index contributed by atoms with van der Waals surface area (Å²) in [6.07, 6.45) is -3.29. The first kappa shape index (κ1) is 10.5. The topological polar surface area (TPSA) is 17.8 Å².